The molecule has 3 aromatic rings. The topological polar surface area (TPSA) is 67.2 Å². The van der Waals surface area contributed by atoms with Crippen LogP contribution in [0.3, 0.4) is 0 Å². The zero-order valence-electron chi connectivity index (χ0n) is 16.3. The minimum absolute atomic E-state index is 0.0603. The Kier molecular flexibility index (Phi) is 5.53. The van der Waals surface area contributed by atoms with Gasteiger partial charge in [-0.15, -0.1) is 0 Å². The molecular formula is C22H23ClN4O2. The van der Waals surface area contributed by atoms with Gasteiger partial charge in [0.2, 0.25) is 11.8 Å². The Bertz CT molecular complexity index is 1070. The van der Waals surface area contributed by atoms with E-state index in [1.54, 1.807) is 12.1 Å². The molecule has 1 aromatic heterocycles. The summed E-state index contributed by atoms with van der Waals surface area (Å²) in [5.41, 5.74) is 3.24. The van der Waals surface area contributed by atoms with Gasteiger partial charge in [-0.05, 0) is 49.6 Å². The third-order valence-electron chi connectivity index (χ3n) is 5.28. The van der Waals surface area contributed by atoms with Gasteiger partial charge in [-0.3, -0.25) is 9.59 Å². The lowest BCUT2D eigenvalue weighted by Gasteiger charge is -2.16. The number of rotatable bonds is 5. The van der Waals surface area contributed by atoms with Crippen LogP contribution in [0.15, 0.2) is 42.5 Å². The number of para-hydroxylation sites is 2. The second kappa shape index (κ2) is 8.25. The Balaban J connectivity index is 1.59. The van der Waals surface area contributed by atoms with Crippen LogP contribution in [0.1, 0.15) is 24.2 Å². The predicted molar refractivity (Wildman–Crippen MR) is 114 cm³/mol. The number of hydrogen-bond acceptors (Lipinski definition) is 3. The summed E-state index contributed by atoms with van der Waals surface area (Å²) in [5.74, 6) is 0.486. The smallest absolute Gasteiger partial charge is 0.244 e. The Labute approximate surface area is 174 Å². The largest absolute Gasteiger partial charge is 0.342 e. The van der Waals surface area contributed by atoms with E-state index >= 15 is 0 Å². The fraction of sp³-hybridized carbons (Fsp3) is 0.318. The van der Waals surface area contributed by atoms with Gasteiger partial charge < -0.3 is 14.8 Å². The third-order valence-corrected chi connectivity index (χ3v) is 5.51. The standard InChI is InChI=1S/C22H23ClN4O2/c1-15-8-9-16(23)12-18(15)25-21(28)14-27-19-7-3-2-6-17(19)24-20(27)13-22(29)26-10-4-5-11-26/h2-3,6-9,12H,4-5,10-11,13-14H2,1H3,(H,25,28). The molecule has 6 nitrogen and oxygen atoms in total. The highest BCUT2D eigenvalue weighted by Crippen LogP contribution is 2.21. The van der Waals surface area contributed by atoms with Crippen molar-refractivity contribution in [2.75, 3.05) is 18.4 Å². The summed E-state index contributed by atoms with van der Waals surface area (Å²) >= 11 is 6.06. The molecule has 150 valence electrons. The summed E-state index contributed by atoms with van der Waals surface area (Å²) in [6.45, 7) is 3.59. The number of aryl methyl sites for hydroxylation is 1. The van der Waals surface area contributed by atoms with Crippen LogP contribution in [0.4, 0.5) is 5.69 Å². The second-order valence-corrected chi connectivity index (χ2v) is 7.81. The highest BCUT2D eigenvalue weighted by molar-refractivity contribution is 6.31. The monoisotopic (exact) mass is 410 g/mol. The van der Waals surface area contributed by atoms with Gasteiger partial charge in [0, 0.05) is 23.8 Å². The van der Waals surface area contributed by atoms with E-state index in [1.807, 2.05) is 46.7 Å². The number of nitrogens with zero attached hydrogens (tertiary/aromatic N) is 3. The molecule has 1 saturated heterocycles. The number of anilines is 1. The molecule has 4 rings (SSSR count). The minimum Gasteiger partial charge on any atom is -0.342 e. The molecule has 0 saturated carbocycles. The molecule has 1 aliphatic heterocycles. The van der Waals surface area contributed by atoms with Crippen LogP contribution in [0.5, 0.6) is 0 Å². The van der Waals surface area contributed by atoms with E-state index in [2.05, 4.69) is 10.3 Å². The molecule has 1 fully saturated rings. The van der Waals surface area contributed by atoms with Crippen LogP contribution in [0, 0.1) is 6.92 Å². The van der Waals surface area contributed by atoms with Gasteiger partial charge in [0.25, 0.3) is 0 Å². The summed E-state index contributed by atoms with van der Waals surface area (Å²) in [6, 6.07) is 13.0. The zero-order chi connectivity index (χ0) is 20.4. The van der Waals surface area contributed by atoms with E-state index < -0.39 is 0 Å². The van der Waals surface area contributed by atoms with Crippen LogP contribution in [0.25, 0.3) is 11.0 Å². The van der Waals surface area contributed by atoms with E-state index in [1.165, 1.54) is 0 Å². The maximum Gasteiger partial charge on any atom is 0.244 e. The molecule has 1 aliphatic rings. The number of carbonyl (C=O) groups excluding carboxylic acids is 2. The lowest BCUT2D eigenvalue weighted by atomic mass is 10.2. The van der Waals surface area contributed by atoms with Crippen LogP contribution in [0.2, 0.25) is 5.02 Å². The maximum atomic E-state index is 12.8. The first-order chi connectivity index (χ1) is 14.0. The van der Waals surface area contributed by atoms with Gasteiger partial charge in [0.05, 0.1) is 17.5 Å². The second-order valence-electron chi connectivity index (χ2n) is 7.37. The van der Waals surface area contributed by atoms with E-state index in [0.29, 0.717) is 16.5 Å². The zero-order valence-corrected chi connectivity index (χ0v) is 17.1. The Hall–Kier alpha value is -2.86. The molecular weight excluding hydrogens is 388 g/mol. The van der Waals surface area contributed by atoms with Gasteiger partial charge in [0.1, 0.15) is 12.4 Å². The number of amides is 2. The molecule has 0 atom stereocenters. The summed E-state index contributed by atoms with van der Waals surface area (Å²) in [6.07, 6.45) is 2.28. The van der Waals surface area contributed by atoms with Crippen molar-refractivity contribution in [3.8, 4) is 0 Å². The van der Waals surface area contributed by atoms with E-state index in [-0.39, 0.29) is 24.8 Å². The molecule has 2 amide bonds. The van der Waals surface area contributed by atoms with Gasteiger partial charge in [-0.25, -0.2) is 4.98 Å². The number of hydrogen-bond donors (Lipinski definition) is 1. The third kappa shape index (κ3) is 4.27. The lowest BCUT2D eigenvalue weighted by Crippen LogP contribution is -2.30. The van der Waals surface area contributed by atoms with Crippen molar-refractivity contribution < 1.29 is 9.59 Å². The molecule has 2 aromatic carbocycles. The molecule has 0 unspecified atom stereocenters. The van der Waals surface area contributed by atoms with Crippen LogP contribution >= 0.6 is 11.6 Å². The molecule has 0 radical (unpaired) electrons. The van der Waals surface area contributed by atoms with Gasteiger partial charge in [-0.2, -0.15) is 0 Å². The van der Waals surface area contributed by atoms with Crippen molar-refractivity contribution in [1.82, 2.24) is 14.5 Å². The molecule has 0 aliphatic carbocycles. The first-order valence-electron chi connectivity index (χ1n) is 9.79. The molecule has 2 heterocycles. The van der Waals surface area contributed by atoms with Gasteiger partial charge >= 0.3 is 0 Å². The Morgan fingerprint density at radius 2 is 1.90 bits per heavy atom. The van der Waals surface area contributed by atoms with Crippen LogP contribution < -0.4 is 5.32 Å². The molecule has 29 heavy (non-hydrogen) atoms. The van der Waals surface area contributed by atoms with Crippen molar-refractivity contribution >= 4 is 40.1 Å². The van der Waals surface area contributed by atoms with Gasteiger partial charge in [0.15, 0.2) is 0 Å². The number of imidazole rings is 1. The minimum atomic E-state index is -0.187. The molecule has 1 N–H and O–H groups in total. The van der Waals surface area contributed by atoms with E-state index in [0.717, 1.165) is 42.5 Å². The van der Waals surface area contributed by atoms with Crippen molar-refractivity contribution in [2.24, 2.45) is 0 Å². The summed E-state index contributed by atoms with van der Waals surface area (Å²) < 4.78 is 1.83. The van der Waals surface area contributed by atoms with Crippen molar-refractivity contribution in [2.45, 2.75) is 32.7 Å². The van der Waals surface area contributed by atoms with Crippen molar-refractivity contribution in [1.29, 1.82) is 0 Å². The highest BCUT2D eigenvalue weighted by Gasteiger charge is 2.22. The summed E-state index contributed by atoms with van der Waals surface area (Å²) in [5, 5.41) is 3.49. The quantitative estimate of drug-likeness (QED) is 0.695. The number of benzene rings is 2. The molecule has 0 bridgehead atoms. The van der Waals surface area contributed by atoms with Crippen molar-refractivity contribution in [3.05, 3.63) is 58.9 Å². The first kappa shape index (κ1) is 19.5. The Morgan fingerprint density at radius 1 is 1.14 bits per heavy atom. The van der Waals surface area contributed by atoms with E-state index in [9.17, 15) is 9.59 Å². The number of nitrogens with one attached hydrogen (secondary N) is 1. The summed E-state index contributed by atoms with van der Waals surface area (Å²) in [4.78, 5) is 31.9. The SMILES string of the molecule is Cc1ccc(Cl)cc1NC(=O)Cn1c(CC(=O)N2CCCC2)nc2ccccc21. The maximum absolute atomic E-state index is 12.8. The van der Waals surface area contributed by atoms with Crippen molar-refractivity contribution in [3.63, 3.8) is 0 Å². The molecule has 7 heteroatoms. The normalized spacial score (nSPS) is 13.8. The van der Waals surface area contributed by atoms with E-state index in [4.69, 9.17) is 11.6 Å². The number of fused-ring (bicyclic) bond motifs is 1. The Morgan fingerprint density at radius 3 is 2.69 bits per heavy atom. The first-order valence-corrected chi connectivity index (χ1v) is 10.2. The molecule has 0 spiro atoms. The van der Waals surface area contributed by atoms with Crippen LogP contribution in [-0.2, 0) is 22.6 Å². The number of likely N-dealkylation sites (tertiary alicyclic amines) is 1. The number of carbonyl (C=O) groups is 2. The fourth-order valence-corrected chi connectivity index (χ4v) is 3.88. The number of halogens is 1. The number of aromatic nitrogens is 2. The average molecular weight is 411 g/mol. The van der Waals surface area contributed by atoms with Crippen LogP contribution in [-0.4, -0.2) is 39.4 Å². The lowest BCUT2D eigenvalue weighted by molar-refractivity contribution is -0.129. The average Bonchev–Trinajstić information content (AvgIpc) is 3.34. The fourth-order valence-electron chi connectivity index (χ4n) is 3.71. The van der Waals surface area contributed by atoms with Gasteiger partial charge in [-0.1, -0.05) is 29.8 Å². The summed E-state index contributed by atoms with van der Waals surface area (Å²) in [7, 11) is 0. The highest BCUT2D eigenvalue weighted by atomic mass is 35.5. The predicted octanol–water partition coefficient (Wildman–Crippen LogP) is 3.80.